The number of halogens is 2. The maximum absolute atomic E-state index is 13.5. The lowest BCUT2D eigenvalue weighted by molar-refractivity contribution is -0.148. The molecule has 0 amide bonds. The quantitative estimate of drug-likeness (QED) is 0.0656. The molecule has 98 heavy (non-hydrogen) atoms. The second-order valence-electron chi connectivity index (χ2n) is 24.1. The van der Waals surface area contributed by atoms with Gasteiger partial charge >= 0.3 is 17.9 Å². The van der Waals surface area contributed by atoms with Crippen molar-refractivity contribution in [3.63, 3.8) is 0 Å². The van der Waals surface area contributed by atoms with Gasteiger partial charge in [-0.05, 0) is 138 Å². The standard InChI is InChI=1S/C23H32N2O4.C18H17NO3.C16H14Cl2O4.C16H17N3O5S/c1-7-16-13-15(3)14-17(8-2)18(16)19-20(26)24-9-11-28-12-10-25(24)21(19)29-22(27)23(4,5)6;1-2-21-17(20)16-13-18(22-19-16,14-9-5-3-6-10-14)15-11-7-4-8-12-15;1-10(16(19)20-2)21-12-4-6-13(7-5-12)22-15-8-3-11(17)9-14(15)18;1-9-10(15(20)11-8-17-19(2)16(11)21)4-5-13(25(3,22)23)14(9)12-6-7-24-18-12/h13-14H,7-12H2,1-6H3;3-12H,2,13H2,1H3;3-10H,1-2H3;4-5,8,17H,6-7H2,1-3H3. The predicted molar refractivity (Wildman–Crippen MR) is 373 cm³/mol. The van der Waals surface area contributed by atoms with Gasteiger partial charge in [-0.3, -0.25) is 23.9 Å². The van der Waals surface area contributed by atoms with E-state index in [1.54, 1.807) is 72.6 Å². The molecule has 0 radical (unpaired) electrons. The summed E-state index contributed by atoms with van der Waals surface area (Å²) < 4.78 is 61.1. The van der Waals surface area contributed by atoms with Crippen molar-refractivity contribution in [2.45, 2.75) is 118 Å². The Hall–Kier alpha value is -9.55. The van der Waals surface area contributed by atoms with Crippen molar-refractivity contribution >= 4 is 68.2 Å². The Kier molecular flexibility index (Phi) is 24.7. The number of oxime groups is 2. The third-order valence-corrected chi connectivity index (χ3v) is 17.7. The summed E-state index contributed by atoms with van der Waals surface area (Å²) in [5.74, 6) is 0.281. The van der Waals surface area contributed by atoms with Crippen LogP contribution in [0, 0.1) is 19.3 Å². The molecule has 0 saturated carbocycles. The van der Waals surface area contributed by atoms with Gasteiger partial charge in [0.25, 0.3) is 11.1 Å². The van der Waals surface area contributed by atoms with Crippen LogP contribution in [0.3, 0.4) is 0 Å². The number of hydrogen-bond acceptors (Lipinski definition) is 18. The van der Waals surface area contributed by atoms with Crippen LogP contribution in [0.2, 0.25) is 10.0 Å². The lowest BCUT2D eigenvalue weighted by Gasteiger charge is -2.27. The molecule has 0 bridgehead atoms. The first kappa shape index (κ1) is 74.2. The largest absolute Gasteiger partial charge is 0.479 e. The summed E-state index contributed by atoms with van der Waals surface area (Å²) >= 11 is 11.9. The topological polar surface area (TPSA) is 266 Å². The molecule has 1 unspecified atom stereocenters. The minimum absolute atomic E-state index is 0.00623. The number of fused-ring (bicyclic) bond motifs is 1. The fourth-order valence-electron chi connectivity index (χ4n) is 11.0. The van der Waals surface area contributed by atoms with Gasteiger partial charge in [0.05, 0.1) is 67.5 Å². The van der Waals surface area contributed by atoms with Crippen molar-refractivity contribution < 1.29 is 65.7 Å². The zero-order chi connectivity index (χ0) is 71.2. The number of carbonyl (C=O) groups excluding carboxylic acids is 4. The number of methoxy groups -OCH3 is 1. The molecule has 0 fully saturated rings. The van der Waals surface area contributed by atoms with Crippen molar-refractivity contribution in [1.82, 2.24) is 19.1 Å². The van der Waals surface area contributed by atoms with Gasteiger partial charge in [-0.25, -0.2) is 27.4 Å². The molecule has 518 valence electrons. The Morgan fingerprint density at radius 1 is 0.745 bits per heavy atom. The van der Waals surface area contributed by atoms with Crippen molar-refractivity contribution in [3.05, 3.63) is 214 Å². The number of aromatic amines is 1. The van der Waals surface area contributed by atoms with Crippen LogP contribution in [0.25, 0.3) is 11.1 Å². The van der Waals surface area contributed by atoms with E-state index in [0.29, 0.717) is 114 Å². The first-order chi connectivity index (χ1) is 46.6. The number of nitrogens with zero attached hydrogens (tertiary/aromatic N) is 5. The highest BCUT2D eigenvalue weighted by Crippen LogP contribution is 2.42. The zero-order valence-electron chi connectivity index (χ0n) is 56.8. The summed E-state index contributed by atoms with van der Waals surface area (Å²) in [7, 11) is -0.701. The maximum atomic E-state index is 13.5. The van der Waals surface area contributed by atoms with Crippen molar-refractivity contribution in [1.29, 1.82) is 0 Å². The molecule has 25 heteroatoms. The van der Waals surface area contributed by atoms with Gasteiger partial charge in [-0.2, -0.15) is 0 Å². The van der Waals surface area contributed by atoms with Crippen molar-refractivity contribution in [3.8, 4) is 34.3 Å². The Morgan fingerprint density at radius 2 is 1.36 bits per heavy atom. The highest BCUT2D eigenvalue weighted by atomic mass is 35.5. The number of ketones is 1. The molecule has 2 aromatic heterocycles. The molecule has 0 saturated heterocycles. The van der Waals surface area contributed by atoms with E-state index in [1.165, 1.54) is 42.7 Å². The molecule has 8 aromatic rings. The normalized spacial score (nSPS) is 14.1. The Morgan fingerprint density at radius 3 is 1.89 bits per heavy atom. The molecule has 11 rings (SSSR count). The summed E-state index contributed by atoms with van der Waals surface area (Å²) in [5.41, 5.74) is 6.57. The average molecular weight is 1400 g/mol. The average Bonchev–Trinajstić information content (AvgIpc) is 1.33. The summed E-state index contributed by atoms with van der Waals surface area (Å²) in [6, 6.07) is 38.5. The predicted octanol–water partition coefficient (Wildman–Crippen LogP) is 12.5. The van der Waals surface area contributed by atoms with Gasteiger partial charge in [-0.1, -0.05) is 126 Å². The number of aryl methyl sites for hydroxylation is 4. The molecule has 6 aromatic carbocycles. The Balaban J connectivity index is 0.000000168. The third kappa shape index (κ3) is 17.4. The summed E-state index contributed by atoms with van der Waals surface area (Å²) in [6.07, 6.45) is 4.17. The van der Waals surface area contributed by atoms with E-state index in [4.69, 9.17) is 56.6 Å². The summed E-state index contributed by atoms with van der Waals surface area (Å²) in [6.45, 7) is 19.3. The zero-order valence-corrected chi connectivity index (χ0v) is 59.1. The molecule has 0 aliphatic carbocycles. The molecule has 3 aliphatic heterocycles. The molecule has 22 nitrogen and oxygen atoms in total. The molecule has 1 N–H and O–H groups in total. The first-order valence-corrected chi connectivity index (χ1v) is 34.4. The van der Waals surface area contributed by atoms with E-state index in [2.05, 4.69) is 53.1 Å². The first-order valence-electron chi connectivity index (χ1n) is 31.7. The van der Waals surface area contributed by atoms with Crippen molar-refractivity contribution in [2.75, 3.05) is 39.8 Å². The van der Waals surface area contributed by atoms with Gasteiger partial charge in [0.15, 0.2) is 33.0 Å². The number of hydrogen-bond donors (Lipinski definition) is 1. The Labute approximate surface area is 578 Å². The van der Waals surface area contributed by atoms with E-state index >= 15 is 0 Å². The number of H-pyrrole nitrogens is 1. The molecule has 1 atom stereocenters. The van der Waals surface area contributed by atoms with Crippen LogP contribution in [0.4, 0.5) is 0 Å². The van der Waals surface area contributed by atoms with Crippen molar-refractivity contribution in [2.24, 2.45) is 22.8 Å². The molecule has 5 heterocycles. The number of ether oxygens (including phenoxy) is 6. The summed E-state index contributed by atoms with van der Waals surface area (Å²) in [5, 5.41) is 11.5. The van der Waals surface area contributed by atoms with Crippen LogP contribution in [0.1, 0.15) is 116 Å². The van der Waals surface area contributed by atoms with E-state index in [0.717, 1.165) is 46.9 Å². The second-order valence-corrected chi connectivity index (χ2v) is 26.9. The minimum atomic E-state index is -3.52. The lowest BCUT2D eigenvalue weighted by Crippen LogP contribution is -2.29. The molecule has 0 spiro atoms. The van der Waals surface area contributed by atoms with Gasteiger partial charge in [-0.15, -0.1) is 0 Å². The molecular weight excluding hydrogens is 1320 g/mol. The van der Waals surface area contributed by atoms with Crippen LogP contribution >= 0.6 is 23.2 Å². The van der Waals surface area contributed by atoms with Crippen LogP contribution in [-0.2, 0) is 86.7 Å². The summed E-state index contributed by atoms with van der Waals surface area (Å²) in [4.78, 5) is 85.2. The highest BCUT2D eigenvalue weighted by Gasteiger charge is 2.45. The number of carbonyl (C=O) groups is 4. The number of aromatic nitrogens is 4. The minimum Gasteiger partial charge on any atom is -0.479 e. The monoisotopic (exact) mass is 1400 g/mol. The molecule has 3 aliphatic rings. The SMILES string of the molecule is CCOC(=O)C1=NOC(c2ccccc2)(c2ccccc2)C1.CCc1cc(C)cc(CC)c1-c1c(OC(=O)C(C)(C)C)n2n(c1=O)CCOCC2.COC(=O)C(C)Oc1ccc(Oc2ccc(Cl)cc2Cl)cc1.Cc1c(C(=O)c2c[nH]n(C)c2=O)ccc(S(C)(=O)=O)c1C1=NOCC1. The van der Waals surface area contributed by atoms with Gasteiger partial charge in [0.1, 0.15) is 35.0 Å². The molecular formula is C73H80Cl2N6O16S. The van der Waals surface area contributed by atoms with E-state index in [1.807, 2.05) is 81.4 Å². The number of sulfone groups is 1. The van der Waals surface area contributed by atoms with Crippen LogP contribution < -0.4 is 25.3 Å². The fraction of sp³-hybridized carbons (Fsp3) is 0.342. The van der Waals surface area contributed by atoms with Crippen LogP contribution in [0.5, 0.6) is 23.1 Å². The third-order valence-electron chi connectivity index (χ3n) is 16.0. The highest BCUT2D eigenvalue weighted by molar-refractivity contribution is 7.90. The maximum Gasteiger partial charge on any atom is 0.356 e. The number of benzene rings is 6. The fourth-order valence-corrected chi connectivity index (χ4v) is 12.4. The smallest absolute Gasteiger partial charge is 0.356 e. The van der Waals surface area contributed by atoms with Crippen LogP contribution in [0.15, 0.2) is 158 Å². The van der Waals surface area contributed by atoms with Gasteiger partial charge < -0.3 is 43.2 Å². The van der Waals surface area contributed by atoms with E-state index < -0.39 is 50.2 Å². The second kappa shape index (κ2) is 32.7. The van der Waals surface area contributed by atoms with Gasteiger partial charge in [0, 0.05) is 53.2 Å². The van der Waals surface area contributed by atoms with E-state index in [-0.39, 0.29) is 27.6 Å². The van der Waals surface area contributed by atoms with E-state index in [9.17, 15) is 37.2 Å². The number of nitrogens with one attached hydrogen (secondary N) is 1. The lowest BCUT2D eigenvalue weighted by atomic mass is 9.82. The van der Waals surface area contributed by atoms with Gasteiger partial charge in [0.2, 0.25) is 5.88 Å². The Bertz CT molecular complexity index is 4450. The number of rotatable bonds is 17. The van der Waals surface area contributed by atoms with Crippen LogP contribution in [-0.4, -0.2) is 109 Å². The number of esters is 3.